The lowest BCUT2D eigenvalue weighted by atomic mass is 10.2. The van der Waals surface area contributed by atoms with Crippen molar-refractivity contribution in [2.75, 3.05) is 56.2 Å². The van der Waals surface area contributed by atoms with Crippen molar-refractivity contribution in [3.63, 3.8) is 0 Å². The molecule has 2 heterocycles. The number of rotatable bonds is 7. The number of hydrogen-bond acceptors (Lipinski definition) is 5. The lowest BCUT2D eigenvalue weighted by Crippen LogP contribution is -2.39. The van der Waals surface area contributed by atoms with Crippen LogP contribution in [-0.2, 0) is 4.74 Å². The number of nitrogens with one attached hydrogen (secondary N) is 1. The molecule has 0 unspecified atom stereocenters. The summed E-state index contributed by atoms with van der Waals surface area (Å²) in [7, 11) is 0. The number of carbonyl (C=O) groups excluding carboxylic acids is 1. The van der Waals surface area contributed by atoms with Gasteiger partial charge in [0.2, 0.25) is 0 Å². The second-order valence-corrected chi connectivity index (χ2v) is 6.70. The smallest absolute Gasteiger partial charge is 0.276 e. The van der Waals surface area contributed by atoms with Crippen LogP contribution in [0.5, 0.6) is 0 Å². The molecular formula is C21H28N4O2. The maximum absolute atomic E-state index is 12.8. The Hall–Kier alpha value is -2.44. The molecule has 144 valence electrons. The van der Waals surface area contributed by atoms with Crippen LogP contribution in [0.1, 0.15) is 23.0 Å². The van der Waals surface area contributed by atoms with E-state index >= 15 is 0 Å². The summed E-state index contributed by atoms with van der Waals surface area (Å²) in [4.78, 5) is 21.3. The molecule has 0 atom stereocenters. The number of anilines is 2. The van der Waals surface area contributed by atoms with E-state index in [9.17, 15) is 4.79 Å². The van der Waals surface area contributed by atoms with Crippen LogP contribution in [0.3, 0.4) is 0 Å². The van der Waals surface area contributed by atoms with Gasteiger partial charge in [-0.3, -0.25) is 9.69 Å². The largest absolute Gasteiger partial charge is 0.383 e. The Kier molecular flexibility index (Phi) is 6.79. The number of morpholine rings is 1. The van der Waals surface area contributed by atoms with Gasteiger partial charge in [-0.1, -0.05) is 12.1 Å². The molecule has 3 rings (SSSR count). The highest BCUT2D eigenvalue weighted by molar-refractivity contribution is 6.04. The van der Waals surface area contributed by atoms with Crippen molar-refractivity contribution in [1.29, 1.82) is 0 Å². The first-order valence-corrected chi connectivity index (χ1v) is 9.56. The van der Waals surface area contributed by atoms with Crippen molar-refractivity contribution in [2.45, 2.75) is 13.8 Å². The molecule has 0 spiro atoms. The molecule has 2 aromatic rings. The number of nitrogens with zero attached hydrogens (tertiary/aromatic N) is 3. The van der Waals surface area contributed by atoms with Crippen LogP contribution in [0.4, 0.5) is 11.4 Å². The van der Waals surface area contributed by atoms with E-state index < -0.39 is 0 Å². The Morgan fingerprint density at radius 3 is 2.74 bits per heavy atom. The first kappa shape index (κ1) is 19.3. The summed E-state index contributed by atoms with van der Waals surface area (Å²) in [5.74, 6) is -0.0806. The fourth-order valence-electron chi connectivity index (χ4n) is 3.19. The third-order valence-electron chi connectivity index (χ3n) is 4.72. The van der Waals surface area contributed by atoms with Crippen molar-refractivity contribution in [3.8, 4) is 0 Å². The summed E-state index contributed by atoms with van der Waals surface area (Å²) in [6.45, 7) is 10.0. The Morgan fingerprint density at radius 2 is 2.07 bits per heavy atom. The minimum absolute atomic E-state index is 0.0806. The van der Waals surface area contributed by atoms with Crippen LogP contribution >= 0.6 is 0 Å². The van der Waals surface area contributed by atoms with Crippen LogP contribution in [0.2, 0.25) is 0 Å². The molecule has 1 aliphatic rings. The molecule has 0 radical (unpaired) electrons. The molecule has 1 aliphatic heterocycles. The molecule has 6 heteroatoms. The number of benzene rings is 1. The lowest BCUT2D eigenvalue weighted by Gasteiger charge is -2.26. The van der Waals surface area contributed by atoms with E-state index in [1.54, 1.807) is 17.2 Å². The van der Waals surface area contributed by atoms with E-state index in [0.29, 0.717) is 12.2 Å². The molecule has 0 aliphatic carbocycles. The van der Waals surface area contributed by atoms with Gasteiger partial charge < -0.3 is 15.0 Å². The average Bonchev–Trinajstić information content (AvgIpc) is 2.70. The SMILES string of the molecule is CCN(C(=O)c1ccc(NCCN2CCOCC2)cn1)c1cccc(C)c1. The van der Waals surface area contributed by atoms with Crippen LogP contribution in [0, 0.1) is 6.92 Å². The molecule has 1 aromatic heterocycles. The Morgan fingerprint density at radius 1 is 1.26 bits per heavy atom. The average molecular weight is 368 g/mol. The molecule has 1 N–H and O–H groups in total. The van der Waals surface area contributed by atoms with Crippen molar-refractivity contribution >= 4 is 17.3 Å². The number of ether oxygens (including phenoxy) is 1. The summed E-state index contributed by atoms with van der Waals surface area (Å²) in [6.07, 6.45) is 1.73. The second kappa shape index (κ2) is 9.48. The van der Waals surface area contributed by atoms with Crippen molar-refractivity contribution in [2.24, 2.45) is 0 Å². The number of aryl methyl sites for hydroxylation is 1. The Bertz CT molecular complexity index is 742. The number of hydrogen-bond donors (Lipinski definition) is 1. The molecule has 1 saturated heterocycles. The molecule has 1 fully saturated rings. The van der Waals surface area contributed by atoms with Crippen LogP contribution in [0.25, 0.3) is 0 Å². The van der Waals surface area contributed by atoms with Crippen LogP contribution in [-0.4, -0.2) is 61.7 Å². The van der Waals surface area contributed by atoms with E-state index in [4.69, 9.17) is 4.74 Å². The van der Waals surface area contributed by atoms with E-state index in [-0.39, 0.29) is 5.91 Å². The molecule has 27 heavy (non-hydrogen) atoms. The summed E-state index contributed by atoms with van der Waals surface area (Å²) in [5, 5.41) is 3.37. The van der Waals surface area contributed by atoms with Gasteiger partial charge in [0, 0.05) is 38.4 Å². The summed E-state index contributed by atoms with van der Waals surface area (Å²) in [6, 6.07) is 11.7. The molecular weight excluding hydrogens is 340 g/mol. The second-order valence-electron chi connectivity index (χ2n) is 6.70. The number of pyridine rings is 1. The number of amides is 1. The highest BCUT2D eigenvalue weighted by atomic mass is 16.5. The van der Waals surface area contributed by atoms with Crippen molar-refractivity contribution < 1.29 is 9.53 Å². The maximum Gasteiger partial charge on any atom is 0.276 e. The van der Waals surface area contributed by atoms with E-state index in [1.807, 2.05) is 44.2 Å². The van der Waals surface area contributed by atoms with Gasteiger partial charge in [-0.15, -0.1) is 0 Å². The quantitative estimate of drug-likeness (QED) is 0.814. The zero-order chi connectivity index (χ0) is 19.1. The van der Waals surface area contributed by atoms with E-state index in [2.05, 4.69) is 15.2 Å². The fourth-order valence-corrected chi connectivity index (χ4v) is 3.19. The van der Waals surface area contributed by atoms with Gasteiger partial charge in [0.15, 0.2) is 0 Å². The van der Waals surface area contributed by atoms with Gasteiger partial charge in [-0.05, 0) is 43.7 Å². The lowest BCUT2D eigenvalue weighted by molar-refractivity contribution is 0.0398. The van der Waals surface area contributed by atoms with Crippen LogP contribution in [0.15, 0.2) is 42.6 Å². The molecule has 1 aromatic carbocycles. The summed E-state index contributed by atoms with van der Waals surface area (Å²) < 4.78 is 5.36. The van der Waals surface area contributed by atoms with Crippen molar-refractivity contribution in [3.05, 3.63) is 53.9 Å². The first-order valence-electron chi connectivity index (χ1n) is 9.56. The minimum Gasteiger partial charge on any atom is -0.383 e. The van der Waals surface area contributed by atoms with Gasteiger partial charge in [-0.2, -0.15) is 0 Å². The third kappa shape index (κ3) is 5.28. The molecule has 6 nitrogen and oxygen atoms in total. The Labute approximate surface area is 161 Å². The predicted molar refractivity (Wildman–Crippen MR) is 109 cm³/mol. The zero-order valence-corrected chi connectivity index (χ0v) is 16.1. The first-order chi connectivity index (χ1) is 13.2. The molecule has 0 saturated carbocycles. The monoisotopic (exact) mass is 368 g/mol. The third-order valence-corrected chi connectivity index (χ3v) is 4.72. The Balaban J connectivity index is 1.57. The minimum atomic E-state index is -0.0806. The van der Waals surface area contributed by atoms with Crippen LogP contribution < -0.4 is 10.2 Å². The predicted octanol–water partition coefficient (Wildman–Crippen LogP) is 2.80. The standard InChI is InChI=1S/C21H28N4O2/c1-3-25(19-6-4-5-17(2)15-19)21(26)20-8-7-18(16-23-20)22-9-10-24-11-13-27-14-12-24/h4-8,15-16,22H,3,9-14H2,1-2H3. The van der Waals surface area contributed by atoms with E-state index in [0.717, 1.165) is 56.3 Å². The number of aromatic nitrogens is 1. The highest BCUT2D eigenvalue weighted by Gasteiger charge is 2.17. The topological polar surface area (TPSA) is 57.7 Å². The van der Waals surface area contributed by atoms with Gasteiger partial charge in [0.1, 0.15) is 5.69 Å². The highest BCUT2D eigenvalue weighted by Crippen LogP contribution is 2.18. The van der Waals surface area contributed by atoms with E-state index in [1.165, 1.54) is 0 Å². The summed E-state index contributed by atoms with van der Waals surface area (Å²) in [5.41, 5.74) is 3.42. The summed E-state index contributed by atoms with van der Waals surface area (Å²) >= 11 is 0. The van der Waals surface area contributed by atoms with Gasteiger partial charge in [-0.25, -0.2) is 4.98 Å². The fraction of sp³-hybridized carbons (Fsp3) is 0.429. The normalized spacial score (nSPS) is 14.7. The molecule has 0 bridgehead atoms. The maximum atomic E-state index is 12.8. The van der Waals surface area contributed by atoms with Gasteiger partial charge >= 0.3 is 0 Å². The molecule has 1 amide bonds. The van der Waals surface area contributed by atoms with Crippen molar-refractivity contribution in [1.82, 2.24) is 9.88 Å². The van der Waals surface area contributed by atoms with Gasteiger partial charge in [0.05, 0.1) is 25.1 Å². The zero-order valence-electron chi connectivity index (χ0n) is 16.1. The van der Waals surface area contributed by atoms with Gasteiger partial charge in [0.25, 0.3) is 5.91 Å². The number of carbonyl (C=O) groups is 1.